The van der Waals surface area contributed by atoms with Crippen molar-refractivity contribution in [3.63, 3.8) is 0 Å². The molecular formula is C13H23NO4. The predicted molar refractivity (Wildman–Crippen MR) is 66.6 cm³/mol. The molecule has 0 aromatic heterocycles. The van der Waals surface area contributed by atoms with Crippen LogP contribution in [0.2, 0.25) is 0 Å². The fourth-order valence-electron chi connectivity index (χ4n) is 3.04. The minimum absolute atomic E-state index is 0.194. The molecule has 104 valence electrons. The molecule has 2 aliphatic rings. The highest BCUT2D eigenvalue weighted by Gasteiger charge is 2.43. The highest BCUT2D eigenvalue weighted by molar-refractivity contribution is 5.68. The minimum Gasteiger partial charge on any atom is -0.480 e. The largest absolute Gasteiger partial charge is 0.480 e. The zero-order chi connectivity index (χ0) is 13.2. The average Bonchev–Trinajstić information content (AvgIpc) is 2.33. The summed E-state index contributed by atoms with van der Waals surface area (Å²) >= 11 is 0. The van der Waals surface area contributed by atoms with E-state index < -0.39 is 5.97 Å². The number of rotatable bonds is 5. The zero-order valence-electron chi connectivity index (χ0n) is 11.2. The summed E-state index contributed by atoms with van der Waals surface area (Å²) in [5, 5.41) is 8.61. The molecule has 18 heavy (non-hydrogen) atoms. The molecule has 2 fully saturated rings. The van der Waals surface area contributed by atoms with E-state index in [2.05, 4.69) is 4.90 Å². The maximum Gasteiger partial charge on any atom is 0.329 e. The van der Waals surface area contributed by atoms with Crippen molar-refractivity contribution in [2.75, 3.05) is 26.8 Å². The first-order valence-electron chi connectivity index (χ1n) is 6.65. The van der Waals surface area contributed by atoms with Crippen LogP contribution >= 0.6 is 0 Å². The lowest BCUT2D eigenvalue weighted by Gasteiger charge is -2.52. The van der Waals surface area contributed by atoms with E-state index in [4.69, 9.17) is 14.6 Å². The number of nitrogens with zero attached hydrogens (tertiary/aromatic N) is 1. The van der Waals surface area contributed by atoms with Crippen LogP contribution in [0.4, 0.5) is 0 Å². The third-order valence-corrected chi connectivity index (χ3v) is 4.11. The van der Waals surface area contributed by atoms with Crippen LogP contribution in [0.5, 0.6) is 0 Å². The Morgan fingerprint density at radius 2 is 1.94 bits per heavy atom. The van der Waals surface area contributed by atoms with Crippen LogP contribution in [0.3, 0.4) is 0 Å². The van der Waals surface area contributed by atoms with Gasteiger partial charge in [0, 0.05) is 26.2 Å². The molecule has 1 N–H and O–H groups in total. The Morgan fingerprint density at radius 3 is 2.44 bits per heavy atom. The van der Waals surface area contributed by atoms with Gasteiger partial charge in [0.2, 0.25) is 0 Å². The standard InChI is InChI=1S/C13H23NO4/c1-13(18-7-12(15)16)8-14(9-13)10-3-5-11(17-2)6-4-10/h10-11H,3-9H2,1-2H3,(H,15,16). The Balaban J connectivity index is 1.70. The van der Waals surface area contributed by atoms with Crippen LogP contribution < -0.4 is 0 Å². The van der Waals surface area contributed by atoms with Gasteiger partial charge < -0.3 is 14.6 Å². The third kappa shape index (κ3) is 3.22. The molecule has 0 amide bonds. The van der Waals surface area contributed by atoms with Crippen LogP contribution in [0.1, 0.15) is 32.6 Å². The van der Waals surface area contributed by atoms with Gasteiger partial charge >= 0.3 is 5.97 Å². The SMILES string of the molecule is COC1CCC(N2CC(C)(OCC(=O)O)C2)CC1. The van der Waals surface area contributed by atoms with Crippen molar-refractivity contribution in [3.05, 3.63) is 0 Å². The van der Waals surface area contributed by atoms with Crippen LogP contribution in [0, 0.1) is 0 Å². The third-order valence-electron chi connectivity index (χ3n) is 4.11. The quantitative estimate of drug-likeness (QED) is 0.799. The molecule has 0 bridgehead atoms. The molecule has 1 heterocycles. The number of carboxylic acids is 1. The Labute approximate surface area is 108 Å². The smallest absolute Gasteiger partial charge is 0.329 e. The summed E-state index contributed by atoms with van der Waals surface area (Å²) < 4.78 is 10.8. The topological polar surface area (TPSA) is 59.0 Å². The first kappa shape index (κ1) is 13.8. The Bertz CT molecular complexity index is 293. The zero-order valence-corrected chi connectivity index (χ0v) is 11.2. The van der Waals surface area contributed by atoms with Crippen LogP contribution in [0.25, 0.3) is 0 Å². The summed E-state index contributed by atoms with van der Waals surface area (Å²) in [5.74, 6) is -0.893. The van der Waals surface area contributed by atoms with Gasteiger partial charge in [-0.2, -0.15) is 0 Å². The van der Waals surface area contributed by atoms with Gasteiger partial charge in [-0.1, -0.05) is 0 Å². The van der Waals surface area contributed by atoms with Gasteiger partial charge in [0.25, 0.3) is 0 Å². The normalized spacial score (nSPS) is 31.9. The van der Waals surface area contributed by atoms with E-state index in [1.54, 1.807) is 7.11 Å². The van der Waals surface area contributed by atoms with E-state index in [0.717, 1.165) is 25.9 Å². The highest BCUT2D eigenvalue weighted by Crippen LogP contribution is 2.33. The van der Waals surface area contributed by atoms with Crippen LogP contribution in [-0.2, 0) is 14.3 Å². The van der Waals surface area contributed by atoms with E-state index >= 15 is 0 Å². The lowest BCUT2D eigenvalue weighted by atomic mass is 9.86. The summed E-state index contributed by atoms with van der Waals surface area (Å²) in [5.41, 5.74) is -0.267. The minimum atomic E-state index is -0.893. The van der Waals surface area contributed by atoms with Gasteiger partial charge in [-0.05, 0) is 32.6 Å². The number of aliphatic carboxylic acids is 1. The molecule has 1 saturated carbocycles. The monoisotopic (exact) mass is 257 g/mol. The van der Waals surface area contributed by atoms with Gasteiger partial charge in [0.15, 0.2) is 0 Å². The van der Waals surface area contributed by atoms with Crippen molar-refractivity contribution in [1.82, 2.24) is 4.90 Å². The molecule has 0 aromatic carbocycles. The fraction of sp³-hybridized carbons (Fsp3) is 0.923. The molecule has 0 atom stereocenters. The number of carbonyl (C=O) groups is 1. The molecule has 0 unspecified atom stereocenters. The van der Waals surface area contributed by atoms with Gasteiger partial charge in [-0.3, -0.25) is 4.90 Å². The van der Waals surface area contributed by atoms with E-state index in [9.17, 15) is 4.79 Å². The maximum atomic E-state index is 10.5. The lowest BCUT2D eigenvalue weighted by Crippen LogP contribution is -2.65. The van der Waals surface area contributed by atoms with Crippen molar-refractivity contribution < 1.29 is 19.4 Å². The number of methoxy groups -OCH3 is 1. The van der Waals surface area contributed by atoms with E-state index in [1.165, 1.54) is 12.8 Å². The maximum absolute atomic E-state index is 10.5. The second kappa shape index (κ2) is 5.55. The van der Waals surface area contributed by atoms with Crippen LogP contribution in [0.15, 0.2) is 0 Å². The summed E-state index contributed by atoms with van der Waals surface area (Å²) in [4.78, 5) is 12.9. The summed E-state index contributed by atoms with van der Waals surface area (Å²) in [6.07, 6.45) is 5.03. The lowest BCUT2D eigenvalue weighted by molar-refractivity contribution is -0.172. The van der Waals surface area contributed by atoms with Gasteiger partial charge in [0.05, 0.1) is 11.7 Å². The second-order valence-electron chi connectivity index (χ2n) is 5.70. The molecule has 0 spiro atoms. The average molecular weight is 257 g/mol. The molecule has 1 aliphatic carbocycles. The first-order chi connectivity index (χ1) is 8.52. The Morgan fingerprint density at radius 1 is 1.33 bits per heavy atom. The van der Waals surface area contributed by atoms with Crippen molar-refractivity contribution in [2.24, 2.45) is 0 Å². The number of carboxylic acid groups (broad SMARTS) is 1. The van der Waals surface area contributed by atoms with E-state index in [0.29, 0.717) is 12.1 Å². The Hall–Kier alpha value is -0.650. The molecule has 1 saturated heterocycles. The van der Waals surface area contributed by atoms with Crippen LogP contribution in [-0.4, -0.2) is 60.5 Å². The molecule has 5 heteroatoms. The molecule has 1 aliphatic heterocycles. The second-order valence-corrected chi connectivity index (χ2v) is 5.70. The van der Waals surface area contributed by atoms with Crippen molar-refractivity contribution in [2.45, 2.75) is 50.4 Å². The van der Waals surface area contributed by atoms with E-state index in [1.807, 2.05) is 6.92 Å². The highest BCUT2D eigenvalue weighted by atomic mass is 16.5. The van der Waals surface area contributed by atoms with Gasteiger partial charge in [-0.25, -0.2) is 4.79 Å². The summed E-state index contributed by atoms with van der Waals surface area (Å²) in [6.45, 7) is 3.50. The first-order valence-corrected chi connectivity index (χ1v) is 6.65. The molecule has 0 radical (unpaired) electrons. The number of likely N-dealkylation sites (tertiary alicyclic amines) is 1. The van der Waals surface area contributed by atoms with Crippen molar-refractivity contribution >= 4 is 5.97 Å². The van der Waals surface area contributed by atoms with Crippen molar-refractivity contribution in [1.29, 1.82) is 0 Å². The Kier molecular flexibility index (Phi) is 4.25. The fourth-order valence-corrected chi connectivity index (χ4v) is 3.04. The summed E-state index contributed by atoms with van der Waals surface area (Å²) in [7, 11) is 1.78. The molecule has 0 aromatic rings. The number of hydrogen-bond acceptors (Lipinski definition) is 4. The molecule has 2 rings (SSSR count). The number of ether oxygens (including phenoxy) is 2. The van der Waals surface area contributed by atoms with Gasteiger partial charge in [-0.15, -0.1) is 0 Å². The van der Waals surface area contributed by atoms with Crippen molar-refractivity contribution in [3.8, 4) is 0 Å². The predicted octanol–water partition coefficient (Wildman–Crippen LogP) is 1.12. The van der Waals surface area contributed by atoms with Gasteiger partial charge in [0.1, 0.15) is 6.61 Å². The molecular weight excluding hydrogens is 234 g/mol. The molecule has 5 nitrogen and oxygen atoms in total. The number of hydrogen-bond donors (Lipinski definition) is 1. The summed E-state index contributed by atoms with van der Waals surface area (Å²) in [6, 6.07) is 0.623. The van der Waals surface area contributed by atoms with E-state index in [-0.39, 0.29) is 12.2 Å².